The number of nitrogens with one attached hydrogen (secondary N) is 1. The van der Waals surface area contributed by atoms with E-state index in [-0.39, 0.29) is 12.4 Å². The summed E-state index contributed by atoms with van der Waals surface area (Å²) in [5.41, 5.74) is 4.05. The Bertz CT molecular complexity index is 595. The zero-order valence-corrected chi connectivity index (χ0v) is 13.2. The lowest BCUT2D eigenvalue weighted by atomic mass is 10.1. The predicted octanol–water partition coefficient (Wildman–Crippen LogP) is -0.462. The highest BCUT2D eigenvalue weighted by molar-refractivity contribution is 5.60. The number of likely N-dealkylation sites (N-methyl/N-ethyl adjacent to an activating group) is 1. The van der Waals surface area contributed by atoms with Gasteiger partial charge in [-0.2, -0.15) is 0 Å². The summed E-state index contributed by atoms with van der Waals surface area (Å²) in [6.07, 6.45) is 2.39. The minimum absolute atomic E-state index is 0. The molecule has 1 aliphatic rings. The Kier molecular flexibility index (Phi) is 5.18. The first-order valence-corrected chi connectivity index (χ1v) is 7.22. The largest absolute Gasteiger partial charge is 1.00 e. The van der Waals surface area contributed by atoms with Crippen LogP contribution in [0.1, 0.15) is 24.1 Å². The molecule has 0 aliphatic carbocycles. The zero-order chi connectivity index (χ0) is 13.9. The Morgan fingerprint density at radius 2 is 1.52 bits per heavy atom. The van der Waals surface area contributed by atoms with E-state index in [0.717, 1.165) is 6.54 Å². The third kappa shape index (κ3) is 3.03. The second kappa shape index (κ2) is 6.90. The second-order valence-electron chi connectivity index (χ2n) is 5.21. The molecule has 0 bridgehead atoms. The topological polar surface area (TPSA) is 7.68 Å². The molecule has 0 amide bonds. The van der Waals surface area contributed by atoms with Gasteiger partial charge in [-0.15, -0.1) is 5.01 Å². The molecular formula is C18H21ClN2. The van der Waals surface area contributed by atoms with Crippen LogP contribution in [0, 0.1) is 0 Å². The van der Waals surface area contributed by atoms with Crippen LogP contribution in [0.3, 0.4) is 0 Å². The lowest BCUT2D eigenvalue weighted by Gasteiger charge is -2.25. The number of nitrogens with zero attached hydrogens (tertiary/aromatic N) is 1. The van der Waals surface area contributed by atoms with Gasteiger partial charge in [0, 0.05) is 18.7 Å². The van der Waals surface area contributed by atoms with Gasteiger partial charge in [0.2, 0.25) is 0 Å². The number of benzene rings is 2. The third-order valence-electron chi connectivity index (χ3n) is 4.04. The van der Waals surface area contributed by atoms with Crippen molar-refractivity contribution in [2.75, 3.05) is 13.6 Å². The van der Waals surface area contributed by atoms with Crippen molar-refractivity contribution in [1.82, 2.24) is 5.01 Å². The van der Waals surface area contributed by atoms with Crippen molar-refractivity contribution in [2.24, 2.45) is 0 Å². The summed E-state index contributed by atoms with van der Waals surface area (Å²) < 4.78 is 0. The van der Waals surface area contributed by atoms with Crippen LogP contribution in [0.5, 0.6) is 0 Å². The zero-order valence-electron chi connectivity index (χ0n) is 12.5. The molecule has 2 nitrogen and oxygen atoms in total. The van der Waals surface area contributed by atoms with E-state index < -0.39 is 0 Å². The molecule has 0 spiro atoms. The van der Waals surface area contributed by atoms with Gasteiger partial charge in [-0.3, -0.25) is 0 Å². The summed E-state index contributed by atoms with van der Waals surface area (Å²) in [5.74, 6) is 0. The summed E-state index contributed by atoms with van der Waals surface area (Å²) in [4.78, 5) is 0. The molecule has 3 heteroatoms. The Morgan fingerprint density at radius 1 is 0.952 bits per heavy atom. The molecule has 110 valence electrons. The van der Waals surface area contributed by atoms with Gasteiger partial charge >= 0.3 is 0 Å². The molecule has 2 unspecified atom stereocenters. The summed E-state index contributed by atoms with van der Waals surface area (Å²) in [5, 5.41) is 3.82. The van der Waals surface area contributed by atoms with E-state index in [1.807, 2.05) is 0 Å². The standard InChI is InChI=1S/C18H20N2.ClH/c1-3-20-18(16-12-8-5-9-13-16)14-17(19(20)2)15-10-6-4-7-11-15;/h4-14,17H,3H2,1-2H3;1H. The summed E-state index contributed by atoms with van der Waals surface area (Å²) in [7, 11) is 2.20. The van der Waals surface area contributed by atoms with Gasteiger partial charge < -0.3 is 12.4 Å². The van der Waals surface area contributed by atoms with Gasteiger partial charge in [-0.05, 0) is 24.6 Å². The van der Waals surface area contributed by atoms with Gasteiger partial charge in [-0.25, -0.2) is 5.01 Å². The van der Waals surface area contributed by atoms with Crippen LogP contribution in [0.4, 0.5) is 0 Å². The van der Waals surface area contributed by atoms with Gasteiger partial charge in [0.05, 0.1) is 6.54 Å². The normalized spacial score (nSPS) is 21.7. The maximum Gasteiger partial charge on any atom is 0.156 e. The van der Waals surface area contributed by atoms with Crippen molar-refractivity contribution in [2.45, 2.75) is 13.0 Å². The van der Waals surface area contributed by atoms with E-state index in [0.29, 0.717) is 6.04 Å². The molecule has 0 saturated carbocycles. The molecule has 0 radical (unpaired) electrons. The van der Waals surface area contributed by atoms with Gasteiger partial charge in [0.25, 0.3) is 0 Å². The number of hydrogen-bond donors (Lipinski definition) is 1. The van der Waals surface area contributed by atoms with Crippen LogP contribution in [0.25, 0.3) is 5.70 Å². The molecule has 21 heavy (non-hydrogen) atoms. The van der Waals surface area contributed by atoms with Gasteiger partial charge in [0.15, 0.2) is 5.70 Å². The molecule has 1 heterocycles. The summed E-state index contributed by atoms with van der Waals surface area (Å²) >= 11 is 0. The molecule has 1 aliphatic heterocycles. The van der Waals surface area contributed by atoms with E-state index in [1.54, 1.807) is 0 Å². The van der Waals surface area contributed by atoms with E-state index in [1.165, 1.54) is 21.8 Å². The highest BCUT2D eigenvalue weighted by Gasteiger charge is 2.34. The summed E-state index contributed by atoms with van der Waals surface area (Å²) in [6.45, 7) is 3.29. The van der Waals surface area contributed by atoms with Crippen molar-refractivity contribution in [3.05, 3.63) is 77.9 Å². The quantitative estimate of drug-likeness (QED) is 0.806. The van der Waals surface area contributed by atoms with E-state index in [2.05, 4.69) is 85.7 Å². The lowest BCUT2D eigenvalue weighted by molar-refractivity contribution is -0.945. The Hall–Kier alpha value is -1.61. The number of rotatable bonds is 3. The van der Waals surface area contributed by atoms with Crippen molar-refractivity contribution in [1.29, 1.82) is 0 Å². The van der Waals surface area contributed by atoms with E-state index in [4.69, 9.17) is 0 Å². The van der Waals surface area contributed by atoms with Crippen LogP contribution < -0.4 is 17.4 Å². The average Bonchev–Trinajstić information content (AvgIpc) is 2.86. The lowest BCUT2D eigenvalue weighted by Crippen LogP contribution is -3.13. The van der Waals surface area contributed by atoms with E-state index >= 15 is 0 Å². The third-order valence-corrected chi connectivity index (χ3v) is 4.04. The van der Waals surface area contributed by atoms with Crippen molar-refractivity contribution >= 4 is 5.70 Å². The maximum atomic E-state index is 2.40. The molecule has 0 aromatic heterocycles. The smallest absolute Gasteiger partial charge is 0.156 e. The molecule has 3 rings (SSSR count). The van der Waals surface area contributed by atoms with Crippen LogP contribution in [0.2, 0.25) is 0 Å². The fourth-order valence-electron chi connectivity index (χ4n) is 3.01. The molecule has 2 atom stereocenters. The number of hydrogen-bond acceptors (Lipinski definition) is 1. The number of halogens is 1. The first kappa shape index (κ1) is 15.8. The molecule has 0 fully saturated rings. The maximum absolute atomic E-state index is 2.40. The van der Waals surface area contributed by atoms with Crippen LogP contribution >= 0.6 is 0 Å². The molecular weight excluding hydrogens is 280 g/mol. The minimum Gasteiger partial charge on any atom is -1.00 e. The summed E-state index contributed by atoms with van der Waals surface area (Å²) in [6, 6.07) is 21.8. The van der Waals surface area contributed by atoms with Crippen LogP contribution in [-0.2, 0) is 0 Å². The first-order chi connectivity index (χ1) is 9.81. The molecule has 1 N–H and O–H groups in total. The second-order valence-corrected chi connectivity index (χ2v) is 5.21. The molecule has 0 saturated heterocycles. The van der Waals surface area contributed by atoms with Crippen molar-refractivity contribution in [3.8, 4) is 0 Å². The highest BCUT2D eigenvalue weighted by Crippen LogP contribution is 2.26. The van der Waals surface area contributed by atoms with Crippen LogP contribution in [0.15, 0.2) is 66.7 Å². The molecule has 2 aromatic rings. The van der Waals surface area contributed by atoms with E-state index in [9.17, 15) is 0 Å². The number of quaternary nitrogens is 1. The fraction of sp³-hybridized carbons (Fsp3) is 0.222. The predicted molar refractivity (Wildman–Crippen MR) is 82.9 cm³/mol. The Balaban J connectivity index is 0.00000161. The molecule has 2 aromatic carbocycles. The highest BCUT2D eigenvalue weighted by atomic mass is 35.5. The van der Waals surface area contributed by atoms with Crippen molar-refractivity contribution < 1.29 is 17.4 Å². The van der Waals surface area contributed by atoms with Crippen molar-refractivity contribution in [3.63, 3.8) is 0 Å². The van der Waals surface area contributed by atoms with Gasteiger partial charge in [0.1, 0.15) is 6.04 Å². The SMILES string of the molecule is CC[NH+]1C(c2ccccc2)=CC(c2ccccc2)N1C.[Cl-]. The van der Waals surface area contributed by atoms with Gasteiger partial charge in [-0.1, -0.05) is 48.5 Å². The average molecular weight is 301 g/mol. The monoisotopic (exact) mass is 300 g/mol. The first-order valence-electron chi connectivity index (χ1n) is 7.22. The van der Waals surface area contributed by atoms with Crippen LogP contribution in [-0.4, -0.2) is 18.6 Å². The Labute approximate surface area is 133 Å². The Morgan fingerprint density at radius 3 is 2.10 bits per heavy atom. The fourth-order valence-corrected chi connectivity index (χ4v) is 3.01. The minimum atomic E-state index is 0.